The molecule has 29 heavy (non-hydrogen) atoms. The predicted molar refractivity (Wildman–Crippen MR) is 104 cm³/mol. The number of allylic oxidation sites excluding steroid dienone is 1. The Morgan fingerprint density at radius 1 is 1.03 bits per heavy atom. The topological polar surface area (TPSA) is 72.9 Å². The van der Waals surface area contributed by atoms with Crippen LogP contribution >= 0.6 is 0 Å². The predicted octanol–water partition coefficient (Wildman–Crippen LogP) is 1.06. The normalized spacial score (nSPS) is 21.5. The molecule has 1 aromatic carbocycles. The molecule has 158 valence electrons. The Morgan fingerprint density at radius 3 is 2.28 bits per heavy atom. The molecular formula is C21H27F2N3O3. The summed E-state index contributed by atoms with van der Waals surface area (Å²) in [6.45, 7) is 5.91. The molecule has 8 heteroatoms. The fraction of sp³-hybridized carbons (Fsp3) is 0.524. The van der Waals surface area contributed by atoms with Gasteiger partial charge in [0, 0.05) is 70.8 Å². The van der Waals surface area contributed by atoms with Gasteiger partial charge in [0.25, 0.3) is 0 Å². The molecule has 0 amide bonds. The Labute approximate surface area is 169 Å². The number of halogens is 2. The first-order valence-corrected chi connectivity index (χ1v) is 9.99. The number of Topliss-reactive ketones (excluding diaryl/α,β-unsaturated/α-hetero) is 2. The maximum Gasteiger partial charge on any atom is 0.168 e. The van der Waals surface area contributed by atoms with Gasteiger partial charge in [-0.15, -0.1) is 0 Å². The maximum absolute atomic E-state index is 14.0. The molecule has 2 fully saturated rings. The van der Waals surface area contributed by atoms with Crippen LogP contribution in [-0.2, 0) is 9.59 Å². The van der Waals surface area contributed by atoms with E-state index in [1.54, 1.807) is 0 Å². The SMILES string of the molecule is O=C1CC(c2cccc(F)c2F)CC(=O)C1=CNCCN1CCN(CCO)CC1. The number of nitrogens with zero attached hydrogens (tertiary/aromatic N) is 2. The van der Waals surface area contributed by atoms with Crippen molar-refractivity contribution < 1.29 is 23.5 Å². The van der Waals surface area contributed by atoms with E-state index in [-0.39, 0.29) is 42.2 Å². The van der Waals surface area contributed by atoms with Crippen molar-refractivity contribution in [3.05, 3.63) is 47.2 Å². The van der Waals surface area contributed by atoms with Gasteiger partial charge < -0.3 is 10.4 Å². The van der Waals surface area contributed by atoms with Crippen LogP contribution in [0.25, 0.3) is 0 Å². The lowest BCUT2D eigenvalue weighted by atomic mass is 9.80. The van der Waals surface area contributed by atoms with E-state index in [4.69, 9.17) is 5.11 Å². The number of nitrogens with one attached hydrogen (secondary N) is 1. The average molecular weight is 407 g/mol. The van der Waals surface area contributed by atoms with E-state index < -0.39 is 17.6 Å². The van der Waals surface area contributed by atoms with Crippen LogP contribution in [0.1, 0.15) is 24.3 Å². The number of rotatable bonds is 7. The second-order valence-corrected chi connectivity index (χ2v) is 7.51. The third-order valence-electron chi connectivity index (χ3n) is 5.59. The average Bonchev–Trinajstić information content (AvgIpc) is 2.70. The summed E-state index contributed by atoms with van der Waals surface area (Å²) in [7, 11) is 0. The van der Waals surface area contributed by atoms with Crippen molar-refractivity contribution in [3.63, 3.8) is 0 Å². The summed E-state index contributed by atoms with van der Waals surface area (Å²) < 4.78 is 27.4. The second kappa shape index (κ2) is 10.0. The summed E-state index contributed by atoms with van der Waals surface area (Å²) in [5.41, 5.74) is 0.185. The molecule has 0 atom stereocenters. The van der Waals surface area contributed by atoms with Crippen LogP contribution in [0.3, 0.4) is 0 Å². The summed E-state index contributed by atoms with van der Waals surface area (Å²) in [4.78, 5) is 29.3. The number of hydrogen-bond acceptors (Lipinski definition) is 6. The van der Waals surface area contributed by atoms with Crippen LogP contribution in [0, 0.1) is 11.6 Å². The Bertz CT molecular complexity index is 756. The summed E-state index contributed by atoms with van der Waals surface area (Å²) in [6.07, 6.45) is 1.45. The molecule has 2 N–H and O–H groups in total. The van der Waals surface area contributed by atoms with E-state index in [1.807, 2.05) is 0 Å². The molecule has 1 heterocycles. The van der Waals surface area contributed by atoms with Gasteiger partial charge in [-0.25, -0.2) is 8.78 Å². The van der Waals surface area contributed by atoms with Gasteiger partial charge in [-0.2, -0.15) is 0 Å². The Kier molecular flexibility index (Phi) is 7.46. The maximum atomic E-state index is 14.0. The van der Waals surface area contributed by atoms with Crippen molar-refractivity contribution in [2.45, 2.75) is 18.8 Å². The Hall–Kier alpha value is -2.16. The summed E-state index contributed by atoms with van der Waals surface area (Å²) in [5.74, 6) is -3.27. The molecule has 0 aromatic heterocycles. The van der Waals surface area contributed by atoms with E-state index in [1.165, 1.54) is 18.3 Å². The fourth-order valence-electron chi connectivity index (χ4n) is 3.89. The molecule has 1 saturated carbocycles. The molecule has 6 nitrogen and oxygen atoms in total. The number of piperazine rings is 1. The van der Waals surface area contributed by atoms with Crippen LogP contribution in [0.2, 0.25) is 0 Å². The van der Waals surface area contributed by atoms with E-state index >= 15 is 0 Å². The molecule has 0 radical (unpaired) electrons. The number of aliphatic hydroxyl groups excluding tert-OH is 1. The largest absolute Gasteiger partial charge is 0.395 e. The van der Waals surface area contributed by atoms with Crippen LogP contribution in [0.5, 0.6) is 0 Å². The van der Waals surface area contributed by atoms with Gasteiger partial charge >= 0.3 is 0 Å². The first-order chi connectivity index (χ1) is 14.0. The van der Waals surface area contributed by atoms with Crippen LogP contribution in [0.15, 0.2) is 30.0 Å². The van der Waals surface area contributed by atoms with Gasteiger partial charge in [-0.1, -0.05) is 12.1 Å². The highest BCUT2D eigenvalue weighted by Crippen LogP contribution is 2.33. The molecule has 2 aliphatic rings. The highest BCUT2D eigenvalue weighted by molar-refractivity contribution is 6.22. The zero-order valence-electron chi connectivity index (χ0n) is 16.4. The third kappa shape index (κ3) is 5.46. The molecule has 0 spiro atoms. The van der Waals surface area contributed by atoms with Gasteiger partial charge in [0.05, 0.1) is 12.2 Å². The Balaban J connectivity index is 1.48. The number of hydrogen-bond donors (Lipinski definition) is 2. The smallest absolute Gasteiger partial charge is 0.168 e. The van der Waals surface area contributed by atoms with Crippen molar-refractivity contribution in [3.8, 4) is 0 Å². The molecule has 0 bridgehead atoms. The van der Waals surface area contributed by atoms with Crippen LogP contribution in [0.4, 0.5) is 8.78 Å². The minimum Gasteiger partial charge on any atom is -0.395 e. The van der Waals surface area contributed by atoms with Gasteiger partial charge in [-0.05, 0) is 11.6 Å². The quantitative estimate of drug-likeness (QED) is 0.400. The third-order valence-corrected chi connectivity index (χ3v) is 5.59. The minimum absolute atomic E-state index is 0.00750. The molecule has 1 saturated heterocycles. The lowest BCUT2D eigenvalue weighted by molar-refractivity contribution is -0.124. The molecule has 1 aliphatic carbocycles. The number of benzene rings is 1. The highest BCUT2D eigenvalue weighted by Gasteiger charge is 2.33. The number of ketones is 2. The standard InChI is InChI=1S/C21H27F2N3O3/c22-18-3-1-2-16(21(18)23)15-12-19(28)17(20(29)13-15)14-24-4-5-25-6-8-26(9-7-25)10-11-27/h1-3,14-15,24,27H,4-13H2. The molecule has 0 unspecified atom stereocenters. The summed E-state index contributed by atoms with van der Waals surface area (Å²) in [6, 6.07) is 3.84. The van der Waals surface area contributed by atoms with Crippen LogP contribution in [-0.4, -0.2) is 78.9 Å². The lowest BCUT2D eigenvalue weighted by Gasteiger charge is -2.34. The zero-order chi connectivity index (χ0) is 20.8. The van der Waals surface area contributed by atoms with E-state index in [0.717, 1.165) is 38.8 Å². The van der Waals surface area contributed by atoms with Crippen LogP contribution < -0.4 is 5.32 Å². The van der Waals surface area contributed by atoms with E-state index in [9.17, 15) is 18.4 Å². The number of carbonyl (C=O) groups excluding carboxylic acids is 2. The molecular weight excluding hydrogens is 380 g/mol. The minimum atomic E-state index is -0.984. The lowest BCUT2D eigenvalue weighted by Crippen LogP contribution is -2.48. The van der Waals surface area contributed by atoms with E-state index in [0.29, 0.717) is 13.1 Å². The van der Waals surface area contributed by atoms with E-state index in [2.05, 4.69) is 15.1 Å². The summed E-state index contributed by atoms with van der Waals surface area (Å²) >= 11 is 0. The summed E-state index contributed by atoms with van der Waals surface area (Å²) in [5, 5.41) is 12.0. The van der Waals surface area contributed by atoms with Crippen molar-refractivity contribution >= 4 is 11.6 Å². The second-order valence-electron chi connectivity index (χ2n) is 7.51. The van der Waals surface area contributed by atoms with Gasteiger partial charge in [0.2, 0.25) is 0 Å². The number of β-amino-alcohol motifs (C(OH)–C–C–N with tert-alkyl or cyclic N) is 1. The van der Waals surface area contributed by atoms with Crippen molar-refractivity contribution in [2.75, 3.05) is 52.4 Å². The highest BCUT2D eigenvalue weighted by atomic mass is 19.2. The first-order valence-electron chi connectivity index (χ1n) is 9.99. The monoisotopic (exact) mass is 407 g/mol. The Morgan fingerprint density at radius 2 is 1.66 bits per heavy atom. The fourth-order valence-corrected chi connectivity index (χ4v) is 3.89. The van der Waals surface area contributed by atoms with Crippen molar-refractivity contribution in [1.29, 1.82) is 0 Å². The van der Waals surface area contributed by atoms with Gasteiger partial charge in [0.1, 0.15) is 0 Å². The molecule has 1 aromatic rings. The molecule has 3 rings (SSSR count). The number of carbonyl (C=O) groups is 2. The number of aliphatic hydroxyl groups is 1. The molecule has 1 aliphatic heterocycles. The van der Waals surface area contributed by atoms with Crippen molar-refractivity contribution in [2.24, 2.45) is 0 Å². The van der Waals surface area contributed by atoms with Gasteiger partial charge in [0.15, 0.2) is 23.2 Å². The van der Waals surface area contributed by atoms with Crippen molar-refractivity contribution in [1.82, 2.24) is 15.1 Å². The zero-order valence-corrected chi connectivity index (χ0v) is 16.4. The van der Waals surface area contributed by atoms with Gasteiger partial charge in [-0.3, -0.25) is 19.4 Å². The first kappa shape index (κ1) is 21.5.